The molecule has 0 aromatic heterocycles. The van der Waals surface area contributed by atoms with Gasteiger partial charge in [0.1, 0.15) is 5.82 Å². The smallest absolute Gasteiger partial charge is 0.123 e. The van der Waals surface area contributed by atoms with Crippen LogP contribution in [0.1, 0.15) is 31.4 Å². The zero-order chi connectivity index (χ0) is 13.8. The summed E-state index contributed by atoms with van der Waals surface area (Å²) in [6.45, 7) is 3.68. The molecule has 1 unspecified atom stereocenters. The minimum absolute atomic E-state index is 0.132. The number of ether oxygens (including phenoxy) is 1. The van der Waals surface area contributed by atoms with Crippen LogP contribution in [0.4, 0.5) is 10.1 Å². The molecule has 1 saturated heterocycles. The lowest BCUT2D eigenvalue weighted by atomic mass is 10.0. The molecule has 19 heavy (non-hydrogen) atoms. The average molecular weight is 266 g/mol. The molecule has 0 amide bonds. The fourth-order valence-electron chi connectivity index (χ4n) is 2.62. The molecule has 0 aliphatic carbocycles. The second kappa shape index (κ2) is 6.35. The number of anilines is 1. The van der Waals surface area contributed by atoms with E-state index in [1.807, 2.05) is 13.1 Å². The van der Waals surface area contributed by atoms with Gasteiger partial charge in [-0.1, -0.05) is 0 Å². The van der Waals surface area contributed by atoms with Gasteiger partial charge >= 0.3 is 0 Å². The number of benzene rings is 1. The van der Waals surface area contributed by atoms with Crippen LogP contribution in [-0.2, 0) is 4.74 Å². The highest BCUT2D eigenvalue weighted by molar-refractivity contribution is 5.55. The van der Waals surface area contributed by atoms with Crippen LogP contribution in [0.3, 0.4) is 0 Å². The SMILES string of the molecule is CNC(C)c1cc(F)ccc1N(C)C1CCOCC1. The standard InChI is InChI=1S/C15H23FN2O/c1-11(17-2)14-10-12(16)4-5-15(14)18(3)13-6-8-19-9-7-13/h4-5,10-11,13,17H,6-9H2,1-3H3. The van der Waals surface area contributed by atoms with E-state index in [1.165, 1.54) is 6.07 Å². The van der Waals surface area contributed by atoms with Crippen molar-refractivity contribution in [1.29, 1.82) is 0 Å². The van der Waals surface area contributed by atoms with Gasteiger partial charge in [-0.25, -0.2) is 4.39 Å². The highest BCUT2D eigenvalue weighted by Crippen LogP contribution is 2.29. The van der Waals surface area contributed by atoms with E-state index < -0.39 is 0 Å². The Labute approximate surface area is 114 Å². The molecule has 1 aromatic rings. The van der Waals surface area contributed by atoms with Gasteiger partial charge in [0, 0.05) is 38.0 Å². The van der Waals surface area contributed by atoms with Crippen molar-refractivity contribution < 1.29 is 9.13 Å². The Balaban J connectivity index is 2.26. The summed E-state index contributed by atoms with van der Waals surface area (Å²) in [4.78, 5) is 2.27. The normalized spacial score (nSPS) is 18.3. The summed E-state index contributed by atoms with van der Waals surface area (Å²) in [7, 11) is 3.99. The van der Waals surface area contributed by atoms with E-state index in [9.17, 15) is 4.39 Å². The van der Waals surface area contributed by atoms with Crippen LogP contribution >= 0.6 is 0 Å². The van der Waals surface area contributed by atoms with Gasteiger partial charge in [-0.15, -0.1) is 0 Å². The van der Waals surface area contributed by atoms with Gasteiger partial charge in [0.05, 0.1) is 0 Å². The molecule has 1 aliphatic heterocycles. The van der Waals surface area contributed by atoms with E-state index in [0.717, 1.165) is 37.3 Å². The van der Waals surface area contributed by atoms with Crippen molar-refractivity contribution in [1.82, 2.24) is 5.32 Å². The predicted octanol–water partition coefficient (Wildman–Crippen LogP) is 2.72. The molecule has 0 radical (unpaired) electrons. The van der Waals surface area contributed by atoms with E-state index in [-0.39, 0.29) is 11.9 Å². The van der Waals surface area contributed by atoms with Crippen LogP contribution in [0.15, 0.2) is 18.2 Å². The Bertz CT molecular complexity index is 419. The molecular formula is C15H23FN2O. The van der Waals surface area contributed by atoms with E-state index in [2.05, 4.69) is 24.2 Å². The third-order valence-electron chi connectivity index (χ3n) is 4.01. The molecule has 1 aromatic carbocycles. The van der Waals surface area contributed by atoms with E-state index in [1.54, 1.807) is 6.07 Å². The summed E-state index contributed by atoms with van der Waals surface area (Å²) in [6.07, 6.45) is 2.06. The number of halogens is 1. The van der Waals surface area contributed by atoms with Crippen molar-refractivity contribution in [2.24, 2.45) is 0 Å². The lowest BCUT2D eigenvalue weighted by molar-refractivity contribution is 0.0854. The summed E-state index contributed by atoms with van der Waals surface area (Å²) in [5, 5.41) is 3.19. The Morgan fingerprint density at radius 3 is 2.68 bits per heavy atom. The monoisotopic (exact) mass is 266 g/mol. The largest absolute Gasteiger partial charge is 0.381 e. The Morgan fingerprint density at radius 2 is 2.05 bits per heavy atom. The van der Waals surface area contributed by atoms with Crippen LogP contribution in [0, 0.1) is 5.82 Å². The van der Waals surface area contributed by atoms with Crippen LogP contribution < -0.4 is 10.2 Å². The molecule has 3 nitrogen and oxygen atoms in total. The third kappa shape index (κ3) is 3.25. The van der Waals surface area contributed by atoms with Crippen LogP contribution in [0.2, 0.25) is 0 Å². The summed E-state index contributed by atoms with van der Waals surface area (Å²) < 4.78 is 18.9. The highest BCUT2D eigenvalue weighted by atomic mass is 19.1. The average Bonchev–Trinajstić information content (AvgIpc) is 2.46. The molecule has 0 bridgehead atoms. The molecule has 4 heteroatoms. The Morgan fingerprint density at radius 1 is 1.37 bits per heavy atom. The van der Waals surface area contributed by atoms with Crippen molar-refractivity contribution in [3.8, 4) is 0 Å². The molecule has 1 fully saturated rings. The molecule has 1 heterocycles. The number of hydrogen-bond acceptors (Lipinski definition) is 3. The number of nitrogens with zero attached hydrogens (tertiary/aromatic N) is 1. The lowest BCUT2D eigenvalue weighted by Crippen LogP contribution is -2.37. The summed E-state index contributed by atoms with van der Waals surface area (Å²) in [5.41, 5.74) is 2.12. The van der Waals surface area contributed by atoms with Crippen molar-refractivity contribution >= 4 is 5.69 Å². The molecule has 106 valence electrons. The van der Waals surface area contributed by atoms with Crippen molar-refractivity contribution in [3.63, 3.8) is 0 Å². The van der Waals surface area contributed by atoms with Gasteiger partial charge in [0.15, 0.2) is 0 Å². The lowest BCUT2D eigenvalue weighted by Gasteiger charge is -2.35. The van der Waals surface area contributed by atoms with E-state index in [4.69, 9.17) is 4.74 Å². The maximum atomic E-state index is 13.5. The molecular weight excluding hydrogens is 243 g/mol. The Kier molecular flexibility index (Phi) is 4.77. The van der Waals surface area contributed by atoms with Crippen molar-refractivity contribution in [2.45, 2.75) is 31.8 Å². The number of hydrogen-bond donors (Lipinski definition) is 1. The zero-order valence-electron chi connectivity index (χ0n) is 11.9. The minimum atomic E-state index is -0.179. The van der Waals surface area contributed by atoms with Crippen LogP contribution in [0.5, 0.6) is 0 Å². The fraction of sp³-hybridized carbons (Fsp3) is 0.600. The maximum absolute atomic E-state index is 13.5. The second-order valence-corrected chi connectivity index (χ2v) is 5.17. The highest BCUT2D eigenvalue weighted by Gasteiger charge is 2.22. The van der Waals surface area contributed by atoms with Gasteiger partial charge in [0.2, 0.25) is 0 Å². The Hall–Kier alpha value is -1.13. The molecule has 1 atom stereocenters. The number of rotatable bonds is 4. The summed E-state index contributed by atoms with van der Waals surface area (Å²) in [6, 6.07) is 5.66. The molecule has 0 spiro atoms. The quantitative estimate of drug-likeness (QED) is 0.907. The molecule has 2 rings (SSSR count). The van der Waals surface area contributed by atoms with Crippen molar-refractivity contribution in [2.75, 3.05) is 32.2 Å². The van der Waals surface area contributed by atoms with Gasteiger partial charge in [-0.2, -0.15) is 0 Å². The zero-order valence-corrected chi connectivity index (χ0v) is 11.9. The molecule has 1 aliphatic rings. The summed E-state index contributed by atoms with van der Waals surface area (Å²) >= 11 is 0. The third-order valence-corrected chi connectivity index (χ3v) is 4.01. The maximum Gasteiger partial charge on any atom is 0.123 e. The topological polar surface area (TPSA) is 24.5 Å². The first-order valence-electron chi connectivity index (χ1n) is 6.90. The predicted molar refractivity (Wildman–Crippen MR) is 76.1 cm³/mol. The van der Waals surface area contributed by atoms with Gasteiger partial charge in [0.25, 0.3) is 0 Å². The first-order valence-corrected chi connectivity index (χ1v) is 6.90. The fourth-order valence-corrected chi connectivity index (χ4v) is 2.62. The van der Waals surface area contributed by atoms with E-state index in [0.29, 0.717) is 6.04 Å². The second-order valence-electron chi connectivity index (χ2n) is 5.17. The van der Waals surface area contributed by atoms with E-state index >= 15 is 0 Å². The van der Waals surface area contributed by atoms with Crippen LogP contribution in [-0.4, -0.2) is 33.4 Å². The van der Waals surface area contributed by atoms with Gasteiger partial charge < -0.3 is 15.0 Å². The first kappa shape index (κ1) is 14.3. The minimum Gasteiger partial charge on any atom is -0.381 e. The van der Waals surface area contributed by atoms with Gasteiger partial charge in [-0.05, 0) is 50.6 Å². The summed E-state index contributed by atoms with van der Waals surface area (Å²) in [5.74, 6) is -0.179. The van der Waals surface area contributed by atoms with Crippen LogP contribution in [0.25, 0.3) is 0 Å². The van der Waals surface area contributed by atoms with Gasteiger partial charge in [-0.3, -0.25) is 0 Å². The number of nitrogens with one attached hydrogen (secondary N) is 1. The van der Waals surface area contributed by atoms with Crippen molar-refractivity contribution in [3.05, 3.63) is 29.6 Å². The molecule has 1 N–H and O–H groups in total. The first-order chi connectivity index (χ1) is 9.13. The molecule has 0 saturated carbocycles.